The van der Waals surface area contributed by atoms with E-state index < -0.39 is 5.54 Å². The van der Waals surface area contributed by atoms with E-state index in [2.05, 4.69) is 18.7 Å². The Bertz CT molecular complexity index is 744. The van der Waals surface area contributed by atoms with Crippen molar-refractivity contribution in [1.82, 2.24) is 14.7 Å². The molecule has 0 atom stereocenters. The number of likely N-dealkylation sites (N-methyl/N-ethyl adjacent to an activating group) is 1. The number of aromatic hydroxyl groups is 1. The van der Waals surface area contributed by atoms with Gasteiger partial charge in [-0.1, -0.05) is 25.4 Å². The summed E-state index contributed by atoms with van der Waals surface area (Å²) < 4.78 is 0. The molecule has 0 saturated carbocycles. The highest BCUT2D eigenvalue weighted by Crippen LogP contribution is 2.38. The number of amides is 3. The summed E-state index contributed by atoms with van der Waals surface area (Å²) in [5, 5.41) is 10.7. The lowest BCUT2D eigenvalue weighted by Gasteiger charge is -2.42. The second-order valence-electron chi connectivity index (χ2n) is 8.25. The summed E-state index contributed by atoms with van der Waals surface area (Å²) in [6.45, 7) is 9.12. The van der Waals surface area contributed by atoms with Gasteiger partial charge in [-0.25, -0.2) is 4.79 Å². The summed E-state index contributed by atoms with van der Waals surface area (Å²) in [5.41, 5.74) is 0.0682. The number of urea groups is 1. The largest absolute Gasteiger partial charge is 0.508 e. The Morgan fingerprint density at radius 3 is 2.50 bits per heavy atom. The first-order valence-corrected chi connectivity index (χ1v) is 10.5. The molecule has 0 bridgehead atoms. The van der Waals surface area contributed by atoms with Crippen molar-refractivity contribution in [3.05, 3.63) is 28.8 Å². The predicted octanol–water partition coefficient (Wildman–Crippen LogP) is 3.71. The molecule has 1 N–H and O–H groups in total. The zero-order valence-corrected chi connectivity index (χ0v) is 17.7. The fourth-order valence-electron chi connectivity index (χ4n) is 4.24. The number of carbonyl (C=O) groups excluding carboxylic acids is 2. The van der Waals surface area contributed by atoms with Crippen LogP contribution >= 0.6 is 11.6 Å². The molecule has 3 amide bonds. The molecular weight excluding hydrogens is 378 g/mol. The van der Waals surface area contributed by atoms with E-state index in [-0.39, 0.29) is 17.7 Å². The molecule has 1 aromatic carbocycles. The molecule has 7 heteroatoms. The maximum absolute atomic E-state index is 13.1. The normalized spacial score (nSPS) is 20.0. The highest BCUT2D eigenvalue weighted by molar-refractivity contribution is 6.30. The van der Waals surface area contributed by atoms with Crippen molar-refractivity contribution >= 4 is 23.5 Å². The van der Waals surface area contributed by atoms with E-state index in [4.69, 9.17) is 11.6 Å². The standard InChI is InChI=1S/C21H30ClN3O3/c1-4-24-19(27)21(25(20(24)28)10-7-15(2)3)8-11-23(12-9-21)14-16-13-17(22)5-6-18(16)26/h5-6,13,15,26H,4,7-12,14H2,1-3H3. The third-order valence-electron chi connectivity index (χ3n) is 5.99. The van der Waals surface area contributed by atoms with E-state index in [1.54, 1.807) is 18.2 Å². The van der Waals surface area contributed by atoms with Gasteiger partial charge in [0.05, 0.1) is 0 Å². The number of benzene rings is 1. The first-order chi connectivity index (χ1) is 13.3. The maximum Gasteiger partial charge on any atom is 0.327 e. The molecule has 2 saturated heterocycles. The van der Waals surface area contributed by atoms with Crippen LogP contribution in [0.1, 0.15) is 45.6 Å². The summed E-state index contributed by atoms with van der Waals surface area (Å²) in [5.74, 6) is 0.656. The monoisotopic (exact) mass is 407 g/mol. The summed E-state index contributed by atoms with van der Waals surface area (Å²) in [4.78, 5) is 31.4. The molecule has 3 rings (SSSR count). The van der Waals surface area contributed by atoms with E-state index in [0.717, 1.165) is 12.0 Å². The lowest BCUT2D eigenvalue weighted by atomic mass is 9.85. The smallest absolute Gasteiger partial charge is 0.327 e. The fourth-order valence-corrected chi connectivity index (χ4v) is 4.44. The number of hydrogen-bond donors (Lipinski definition) is 1. The van der Waals surface area contributed by atoms with Crippen molar-refractivity contribution in [2.75, 3.05) is 26.2 Å². The topological polar surface area (TPSA) is 64.1 Å². The summed E-state index contributed by atoms with van der Waals surface area (Å²) in [6.07, 6.45) is 2.12. The average molecular weight is 408 g/mol. The minimum atomic E-state index is -0.713. The SMILES string of the molecule is CCN1C(=O)N(CCC(C)C)C2(CCN(Cc3cc(Cl)ccc3O)CC2)C1=O. The van der Waals surface area contributed by atoms with Crippen molar-refractivity contribution in [2.45, 2.75) is 52.1 Å². The fraction of sp³-hybridized carbons (Fsp3) is 0.619. The van der Waals surface area contributed by atoms with Crippen LogP contribution in [0.15, 0.2) is 18.2 Å². The average Bonchev–Trinajstić information content (AvgIpc) is 2.84. The number of imide groups is 1. The third kappa shape index (κ3) is 3.85. The van der Waals surface area contributed by atoms with Gasteiger partial charge in [0.1, 0.15) is 11.3 Å². The minimum Gasteiger partial charge on any atom is -0.508 e. The summed E-state index contributed by atoms with van der Waals surface area (Å²) >= 11 is 6.06. The Morgan fingerprint density at radius 2 is 1.89 bits per heavy atom. The van der Waals surface area contributed by atoms with Crippen LogP contribution in [0.5, 0.6) is 5.75 Å². The Labute approximate surface area is 172 Å². The molecule has 1 aromatic rings. The van der Waals surface area contributed by atoms with Gasteiger partial charge in [-0.05, 0) is 50.3 Å². The molecule has 0 aromatic heterocycles. The van der Waals surface area contributed by atoms with Gasteiger partial charge >= 0.3 is 6.03 Å². The number of phenols is 1. The minimum absolute atomic E-state index is 0.0472. The van der Waals surface area contributed by atoms with Crippen molar-refractivity contribution in [1.29, 1.82) is 0 Å². The van der Waals surface area contributed by atoms with Crippen molar-refractivity contribution in [3.63, 3.8) is 0 Å². The second kappa shape index (κ2) is 8.29. The van der Waals surface area contributed by atoms with Crippen molar-refractivity contribution < 1.29 is 14.7 Å². The van der Waals surface area contributed by atoms with Crippen LogP contribution in [-0.2, 0) is 11.3 Å². The quantitative estimate of drug-likeness (QED) is 0.730. The molecule has 0 radical (unpaired) electrons. The summed E-state index contributed by atoms with van der Waals surface area (Å²) in [6, 6.07) is 4.91. The van der Waals surface area contributed by atoms with Crippen LogP contribution < -0.4 is 0 Å². The molecule has 6 nitrogen and oxygen atoms in total. The van der Waals surface area contributed by atoms with Crippen LogP contribution in [0.3, 0.4) is 0 Å². The molecule has 154 valence electrons. The number of rotatable bonds is 6. The van der Waals surface area contributed by atoms with E-state index in [0.29, 0.717) is 56.5 Å². The van der Waals surface area contributed by atoms with Crippen LogP contribution in [0.2, 0.25) is 5.02 Å². The lowest BCUT2D eigenvalue weighted by molar-refractivity contribution is -0.135. The van der Waals surface area contributed by atoms with Crippen molar-refractivity contribution in [2.24, 2.45) is 5.92 Å². The Morgan fingerprint density at radius 1 is 1.21 bits per heavy atom. The van der Waals surface area contributed by atoms with Gasteiger partial charge in [-0.3, -0.25) is 14.6 Å². The van der Waals surface area contributed by atoms with Crippen molar-refractivity contribution in [3.8, 4) is 5.75 Å². The van der Waals surface area contributed by atoms with Gasteiger partial charge in [-0.15, -0.1) is 0 Å². The molecule has 2 aliphatic heterocycles. The number of nitrogens with zero attached hydrogens (tertiary/aromatic N) is 3. The van der Waals surface area contributed by atoms with Crippen LogP contribution in [0.4, 0.5) is 4.79 Å². The Kier molecular flexibility index (Phi) is 6.20. The first kappa shape index (κ1) is 20.9. The Balaban J connectivity index is 1.74. The molecule has 2 aliphatic rings. The molecule has 2 fully saturated rings. The number of halogens is 1. The highest BCUT2D eigenvalue weighted by atomic mass is 35.5. The van der Waals surface area contributed by atoms with Gasteiger partial charge in [0.2, 0.25) is 0 Å². The van der Waals surface area contributed by atoms with Crippen LogP contribution in [0.25, 0.3) is 0 Å². The van der Waals surface area contributed by atoms with Gasteiger partial charge in [-0.2, -0.15) is 0 Å². The number of piperidine rings is 1. The third-order valence-corrected chi connectivity index (χ3v) is 6.22. The number of carbonyl (C=O) groups is 2. The molecule has 1 spiro atoms. The molecule has 2 heterocycles. The van der Waals surface area contributed by atoms with E-state index >= 15 is 0 Å². The van der Waals surface area contributed by atoms with Crippen LogP contribution in [-0.4, -0.2) is 63.5 Å². The van der Waals surface area contributed by atoms with Gasteiger partial charge in [0, 0.05) is 43.3 Å². The molecule has 0 aliphatic carbocycles. The second-order valence-corrected chi connectivity index (χ2v) is 8.68. The van der Waals surface area contributed by atoms with Gasteiger partial charge < -0.3 is 10.0 Å². The Hall–Kier alpha value is -1.79. The molecule has 28 heavy (non-hydrogen) atoms. The lowest BCUT2D eigenvalue weighted by Crippen LogP contribution is -2.56. The van der Waals surface area contributed by atoms with Crippen LogP contribution in [0, 0.1) is 5.92 Å². The van der Waals surface area contributed by atoms with E-state index in [1.807, 2.05) is 11.8 Å². The predicted molar refractivity (Wildman–Crippen MR) is 109 cm³/mol. The van der Waals surface area contributed by atoms with Gasteiger partial charge in [0.25, 0.3) is 5.91 Å². The zero-order chi connectivity index (χ0) is 20.5. The number of phenolic OH excluding ortho intramolecular Hbond substituents is 1. The maximum atomic E-state index is 13.1. The number of hydrogen-bond acceptors (Lipinski definition) is 4. The summed E-state index contributed by atoms with van der Waals surface area (Å²) in [7, 11) is 0. The van der Waals surface area contributed by atoms with E-state index in [1.165, 1.54) is 4.90 Å². The van der Waals surface area contributed by atoms with Gasteiger partial charge in [0.15, 0.2) is 0 Å². The van der Waals surface area contributed by atoms with E-state index in [9.17, 15) is 14.7 Å². The molecular formula is C21H30ClN3O3. The highest BCUT2D eigenvalue weighted by Gasteiger charge is 2.57. The zero-order valence-electron chi connectivity index (χ0n) is 16.9. The first-order valence-electron chi connectivity index (χ1n) is 10.1. The number of likely N-dealkylation sites (tertiary alicyclic amines) is 1. The molecule has 0 unspecified atom stereocenters.